The largest absolute Gasteiger partial charge is 0.456 e. The molecule has 0 radical (unpaired) electrons. The predicted octanol–water partition coefficient (Wildman–Crippen LogP) is 3.93. The van der Waals surface area contributed by atoms with Crippen LogP contribution < -0.4 is 4.74 Å². The molecule has 0 aliphatic rings. The second-order valence-corrected chi connectivity index (χ2v) is 4.77. The molecule has 0 saturated heterocycles. The van der Waals surface area contributed by atoms with Crippen molar-refractivity contribution in [2.75, 3.05) is 0 Å². The average Bonchev–Trinajstić information content (AvgIpc) is 2.37. The summed E-state index contributed by atoms with van der Waals surface area (Å²) in [6.07, 6.45) is 1.80. The van der Waals surface area contributed by atoms with E-state index in [-0.39, 0.29) is 0 Å². The van der Waals surface area contributed by atoms with Crippen molar-refractivity contribution in [3.8, 4) is 11.5 Å². The number of aryl methyl sites for hydroxylation is 2. The van der Waals surface area contributed by atoms with E-state index in [0.29, 0.717) is 17.9 Å². The molecule has 2 aromatic rings. The molecule has 0 saturated carbocycles. The Morgan fingerprint density at radius 2 is 1.79 bits per heavy atom. The summed E-state index contributed by atoms with van der Waals surface area (Å²) >= 11 is 0. The summed E-state index contributed by atoms with van der Waals surface area (Å²) in [7, 11) is 0. The molecule has 0 amide bonds. The number of aromatic nitrogens is 1. The first-order valence-corrected chi connectivity index (χ1v) is 6.48. The van der Waals surface area contributed by atoms with E-state index in [1.165, 1.54) is 11.1 Å². The molecule has 0 fully saturated rings. The Hall–Kier alpha value is -1.87. The lowest BCUT2D eigenvalue weighted by Crippen LogP contribution is -1.98. The molecule has 1 N–H and O–H groups in total. The lowest BCUT2D eigenvalue weighted by molar-refractivity contribution is 0.169. The van der Waals surface area contributed by atoms with Crippen LogP contribution >= 0.6 is 0 Å². The number of benzene rings is 1. The topological polar surface area (TPSA) is 42.4 Å². The number of aliphatic hydroxyl groups excluding tert-OH is 1. The third kappa shape index (κ3) is 3.55. The van der Waals surface area contributed by atoms with Gasteiger partial charge in [-0.3, -0.25) is 4.98 Å². The summed E-state index contributed by atoms with van der Waals surface area (Å²) in [5.74, 6) is 1.49. The first-order valence-electron chi connectivity index (χ1n) is 6.48. The lowest BCUT2D eigenvalue weighted by atomic mass is 10.1. The van der Waals surface area contributed by atoms with E-state index in [1.807, 2.05) is 39.0 Å². The maximum Gasteiger partial charge on any atom is 0.145 e. The molecule has 2 rings (SSSR count). The summed E-state index contributed by atoms with van der Waals surface area (Å²) in [4.78, 5) is 4.22. The molecule has 0 aliphatic heterocycles. The zero-order chi connectivity index (χ0) is 13.8. The summed E-state index contributed by atoms with van der Waals surface area (Å²) < 4.78 is 5.76. The van der Waals surface area contributed by atoms with Gasteiger partial charge in [-0.05, 0) is 55.7 Å². The van der Waals surface area contributed by atoms with E-state index in [0.717, 1.165) is 5.75 Å². The van der Waals surface area contributed by atoms with E-state index in [1.54, 1.807) is 12.3 Å². The normalized spacial score (nSPS) is 12.2. The van der Waals surface area contributed by atoms with Crippen LogP contribution in [0.25, 0.3) is 0 Å². The number of hydrogen-bond acceptors (Lipinski definition) is 3. The van der Waals surface area contributed by atoms with Crippen molar-refractivity contribution in [1.82, 2.24) is 4.98 Å². The van der Waals surface area contributed by atoms with Crippen LogP contribution in [-0.2, 0) is 0 Å². The van der Waals surface area contributed by atoms with Gasteiger partial charge >= 0.3 is 0 Å². The highest BCUT2D eigenvalue weighted by atomic mass is 16.5. The molecule has 1 aromatic heterocycles. The Morgan fingerprint density at radius 3 is 2.32 bits per heavy atom. The number of hydrogen-bond donors (Lipinski definition) is 1. The molecule has 0 spiro atoms. The van der Waals surface area contributed by atoms with Crippen LogP contribution in [0.15, 0.2) is 36.5 Å². The van der Waals surface area contributed by atoms with Gasteiger partial charge in [0.2, 0.25) is 0 Å². The van der Waals surface area contributed by atoms with Crippen molar-refractivity contribution in [3.63, 3.8) is 0 Å². The van der Waals surface area contributed by atoms with Gasteiger partial charge in [0.25, 0.3) is 0 Å². The Bertz CT molecular complexity index is 529. The second kappa shape index (κ2) is 5.85. The molecular formula is C16H19NO2. The third-order valence-electron chi connectivity index (χ3n) is 2.92. The van der Waals surface area contributed by atoms with Gasteiger partial charge < -0.3 is 9.84 Å². The van der Waals surface area contributed by atoms with Gasteiger partial charge in [-0.15, -0.1) is 0 Å². The molecule has 1 atom stereocenters. The minimum atomic E-state index is -0.504. The lowest BCUT2D eigenvalue weighted by Gasteiger charge is -2.10. The molecule has 3 heteroatoms. The van der Waals surface area contributed by atoms with Crippen LogP contribution in [0.4, 0.5) is 0 Å². The first kappa shape index (κ1) is 13.6. The number of pyridine rings is 1. The minimum absolute atomic E-state index is 0.504. The SMILES string of the molecule is CC[C@@H](O)c1ccc(Oc2cc(C)cc(C)c2)cn1. The summed E-state index contributed by atoms with van der Waals surface area (Å²) in [5, 5.41) is 9.68. The van der Waals surface area contributed by atoms with E-state index in [2.05, 4.69) is 11.1 Å². The van der Waals surface area contributed by atoms with Crippen molar-refractivity contribution in [2.24, 2.45) is 0 Å². The zero-order valence-electron chi connectivity index (χ0n) is 11.6. The van der Waals surface area contributed by atoms with Crippen LogP contribution in [0, 0.1) is 13.8 Å². The Balaban J connectivity index is 2.15. The van der Waals surface area contributed by atoms with Crippen LogP contribution in [0.3, 0.4) is 0 Å². The Morgan fingerprint density at radius 1 is 1.11 bits per heavy atom. The van der Waals surface area contributed by atoms with Gasteiger partial charge in [-0.2, -0.15) is 0 Å². The minimum Gasteiger partial charge on any atom is -0.456 e. The molecule has 19 heavy (non-hydrogen) atoms. The van der Waals surface area contributed by atoms with E-state index >= 15 is 0 Å². The molecule has 1 aromatic carbocycles. The van der Waals surface area contributed by atoms with E-state index in [9.17, 15) is 5.11 Å². The average molecular weight is 257 g/mol. The fourth-order valence-electron chi connectivity index (χ4n) is 1.99. The highest BCUT2D eigenvalue weighted by Gasteiger charge is 2.06. The summed E-state index contributed by atoms with van der Waals surface area (Å²) in [6, 6.07) is 9.71. The van der Waals surface area contributed by atoms with Gasteiger partial charge in [-0.25, -0.2) is 0 Å². The Labute approximate surface area is 113 Å². The fraction of sp³-hybridized carbons (Fsp3) is 0.312. The van der Waals surface area contributed by atoms with Crippen LogP contribution in [0.1, 0.15) is 36.3 Å². The molecule has 0 aliphatic carbocycles. The summed E-state index contributed by atoms with van der Waals surface area (Å²) in [6.45, 7) is 6.00. The molecular weight excluding hydrogens is 238 g/mol. The highest BCUT2D eigenvalue weighted by Crippen LogP contribution is 2.24. The molecule has 1 heterocycles. The van der Waals surface area contributed by atoms with Gasteiger partial charge in [0.05, 0.1) is 18.0 Å². The van der Waals surface area contributed by atoms with Crippen molar-refractivity contribution >= 4 is 0 Å². The van der Waals surface area contributed by atoms with Crippen molar-refractivity contribution in [2.45, 2.75) is 33.3 Å². The molecule has 0 bridgehead atoms. The predicted molar refractivity (Wildman–Crippen MR) is 75.5 cm³/mol. The molecule has 0 unspecified atom stereocenters. The van der Waals surface area contributed by atoms with Crippen molar-refractivity contribution in [3.05, 3.63) is 53.3 Å². The molecule has 100 valence electrons. The molecule has 3 nitrogen and oxygen atoms in total. The monoisotopic (exact) mass is 257 g/mol. The van der Waals surface area contributed by atoms with Crippen LogP contribution in [0.5, 0.6) is 11.5 Å². The zero-order valence-corrected chi connectivity index (χ0v) is 11.6. The number of rotatable bonds is 4. The maximum atomic E-state index is 9.68. The maximum absolute atomic E-state index is 9.68. The quantitative estimate of drug-likeness (QED) is 0.902. The highest BCUT2D eigenvalue weighted by molar-refractivity contribution is 5.36. The van der Waals surface area contributed by atoms with Gasteiger partial charge in [0.1, 0.15) is 11.5 Å². The number of nitrogens with zero attached hydrogens (tertiary/aromatic N) is 1. The number of ether oxygens (including phenoxy) is 1. The van der Waals surface area contributed by atoms with Gasteiger partial charge in [0, 0.05) is 0 Å². The van der Waals surface area contributed by atoms with Crippen LogP contribution in [0.2, 0.25) is 0 Å². The van der Waals surface area contributed by atoms with E-state index < -0.39 is 6.10 Å². The van der Waals surface area contributed by atoms with Gasteiger partial charge in [0.15, 0.2) is 0 Å². The summed E-state index contributed by atoms with van der Waals surface area (Å²) in [5.41, 5.74) is 3.01. The van der Waals surface area contributed by atoms with Crippen molar-refractivity contribution < 1.29 is 9.84 Å². The van der Waals surface area contributed by atoms with E-state index in [4.69, 9.17) is 4.74 Å². The fourth-order valence-corrected chi connectivity index (χ4v) is 1.99. The third-order valence-corrected chi connectivity index (χ3v) is 2.92. The van der Waals surface area contributed by atoms with Crippen LogP contribution in [-0.4, -0.2) is 10.1 Å². The van der Waals surface area contributed by atoms with Gasteiger partial charge in [-0.1, -0.05) is 13.0 Å². The number of aliphatic hydroxyl groups is 1. The second-order valence-electron chi connectivity index (χ2n) is 4.77. The first-order chi connectivity index (χ1) is 9.08. The standard InChI is InChI=1S/C16H19NO2/c1-4-16(18)15-6-5-13(10-17-15)19-14-8-11(2)7-12(3)9-14/h5-10,16,18H,4H2,1-3H3/t16-/m1/s1. The smallest absolute Gasteiger partial charge is 0.145 e. The van der Waals surface area contributed by atoms with Crippen molar-refractivity contribution in [1.29, 1.82) is 0 Å². The Kier molecular flexibility index (Phi) is 4.17.